The molecule has 9 heavy (non-hydrogen) atoms. The highest BCUT2D eigenvalue weighted by Gasteiger charge is 2.21. The van der Waals surface area contributed by atoms with Crippen molar-refractivity contribution in [3.63, 3.8) is 0 Å². The van der Waals surface area contributed by atoms with Crippen molar-refractivity contribution in [2.75, 3.05) is 6.54 Å². The summed E-state index contributed by atoms with van der Waals surface area (Å²) in [6.07, 6.45) is 0. The van der Waals surface area contributed by atoms with Gasteiger partial charge in [0.2, 0.25) is 0 Å². The van der Waals surface area contributed by atoms with Gasteiger partial charge in [-0.15, -0.1) is 0 Å². The third kappa shape index (κ3) is 4.70. The van der Waals surface area contributed by atoms with Crippen LogP contribution in [0.4, 0.5) is 0 Å². The van der Waals surface area contributed by atoms with E-state index >= 15 is 0 Å². The first-order chi connectivity index (χ1) is 3.48. The van der Waals surface area contributed by atoms with E-state index in [0.29, 0.717) is 5.06 Å². The fourth-order valence-corrected chi connectivity index (χ4v) is 0.530. The van der Waals surface area contributed by atoms with Crippen molar-refractivity contribution in [1.29, 1.82) is 0 Å². The van der Waals surface area contributed by atoms with Crippen LogP contribution in [0.5, 0.6) is 0 Å². The Morgan fingerprint density at radius 3 is 1.67 bits per heavy atom. The number of halogens is 1. The van der Waals surface area contributed by atoms with Crippen molar-refractivity contribution in [3.8, 4) is 0 Å². The number of hydroxylamine groups is 2. The number of rotatable bonds is 1. The first kappa shape index (κ1) is 11.9. The summed E-state index contributed by atoms with van der Waals surface area (Å²) in [5.74, 6) is 0. The highest BCUT2D eigenvalue weighted by Crippen LogP contribution is 1.89. The Morgan fingerprint density at radius 1 is 1.33 bits per heavy atom. The summed E-state index contributed by atoms with van der Waals surface area (Å²) < 4.78 is 0. The minimum Gasteiger partial charge on any atom is -1.00 e. The summed E-state index contributed by atoms with van der Waals surface area (Å²) in [6, 6.07) is 0. The molecule has 3 heteroatoms. The third-order valence-corrected chi connectivity index (χ3v) is 1.20. The summed E-state index contributed by atoms with van der Waals surface area (Å²) >= 11 is 0. The Hall–Kier alpha value is 0.210. The average molecular weight is 154 g/mol. The van der Waals surface area contributed by atoms with Crippen molar-refractivity contribution >= 4 is 0 Å². The van der Waals surface area contributed by atoms with Crippen LogP contribution in [-0.2, 0) is 0 Å². The predicted molar refractivity (Wildman–Crippen MR) is 33.0 cm³/mol. The summed E-state index contributed by atoms with van der Waals surface area (Å²) in [6.45, 7) is 8.74. The quantitative estimate of drug-likeness (QED) is 0.388. The van der Waals surface area contributed by atoms with Gasteiger partial charge in [0.15, 0.2) is 0 Å². The van der Waals surface area contributed by atoms with Gasteiger partial charge in [0.25, 0.3) is 0 Å². The van der Waals surface area contributed by atoms with Gasteiger partial charge < -0.3 is 12.4 Å². The Labute approximate surface area is 63.2 Å². The second kappa shape index (κ2) is 4.09. The predicted octanol–water partition coefficient (Wildman–Crippen LogP) is -2.92. The van der Waals surface area contributed by atoms with Gasteiger partial charge in [0.05, 0.1) is 0 Å². The summed E-state index contributed by atoms with van der Waals surface area (Å²) in [5.41, 5.74) is -0.0191. The molecule has 0 aliphatic rings. The number of hydrogen-bond donors (Lipinski definition) is 2. The fraction of sp³-hybridized carbons (Fsp3) is 1.00. The van der Waals surface area contributed by atoms with Crippen LogP contribution in [0.15, 0.2) is 0 Å². The molecule has 0 amide bonds. The maximum absolute atomic E-state index is 9.11. The molecule has 0 fully saturated rings. The van der Waals surface area contributed by atoms with E-state index in [4.69, 9.17) is 5.21 Å². The summed E-state index contributed by atoms with van der Waals surface area (Å²) in [5, 5.41) is 9.69. The standard InChI is InChI=1S/C6H15NO.ClH/c1-5-7(8)6(2,3)4;/h8H,5H2,1-4H3;1H. The van der Waals surface area contributed by atoms with E-state index in [2.05, 4.69) is 0 Å². The van der Waals surface area contributed by atoms with Crippen molar-refractivity contribution in [3.05, 3.63) is 0 Å². The van der Waals surface area contributed by atoms with Crippen LogP contribution in [0.3, 0.4) is 0 Å². The molecule has 0 aliphatic heterocycles. The van der Waals surface area contributed by atoms with Crippen LogP contribution in [-0.4, -0.2) is 17.3 Å². The van der Waals surface area contributed by atoms with Gasteiger partial charge in [-0.1, -0.05) is 0 Å². The molecular formula is C6H16ClNO. The molecule has 0 saturated heterocycles. The molecule has 1 unspecified atom stereocenters. The lowest BCUT2D eigenvalue weighted by Crippen LogP contribution is -3.16. The molecule has 0 heterocycles. The SMILES string of the molecule is CC[NH+](O)C(C)(C)C.[Cl-]. The molecule has 0 aromatic carbocycles. The minimum atomic E-state index is -0.0191. The van der Waals surface area contributed by atoms with Gasteiger partial charge in [-0.3, -0.25) is 0 Å². The van der Waals surface area contributed by atoms with E-state index in [0.717, 1.165) is 6.54 Å². The van der Waals surface area contributed by atoms with Gasteiger partial charge in [-0.05, 0) is 27.7 Å². The minimum absolute atomic E-state index is 0. The van der Waals surface area contributed by atoms with Crippen LogP contribution in [0.25, 0.3) is 0 Å². The highest BCUT2D eigenvalue weighted by molar-refractivity contribution is 4.52. The van der Waals surface area contributed by atoms with Crippen molar-refractivity contribution in [1.82, 2.24) is 0 Å². The van der Waals surface area contributed by atoms with E-state index < -0.39 is 0 Å². The maximum Gasteiger partial charge on any atom is 0.119 e. The molecule has 0 spiro atoms. The molecule has 1 atom stereocenters. The zero-order chi connectivity index (χ0) is 6.78. The molecule has 0 bridgehead atoms. The lowest BCUT2D eigenvalue weighted by atomic mass is 10.1. The molecule has 0 aliphatic carbocycles. The Kier molecular flexibility index (Phi) is 5.43. The number of quaternary nitrogens is 1. The van der Waals surface area contributed by atoms with E-state index in [1.165, 1.54) is 0 Å². The lowest BCUT2D eigenvalue weighted by molar-refractivity contribution is -1.12. The average Bonchev–Trinajstić information content (AvgIpc) is 1.62. The molecule has 0 radical (unpaired) electrons. The molecule has 2 N–H and O–H groups in total. The van der Waals surface area contributed by atoms with Crippen LogP contribution in [0.2, 0.25) is 0 Å². The van der Waals surface area contributed by atoms with Gasteiger partial charge in [-0.2, -0.15) is 5.06 Å². The molecule has 0 aromatic rings. The van der Waals surface area contributed by atoms with Gasteiger partial charge >= 0.3 is 0 Å². The zero-order valence-corrected chi connectivity index (χ0v) is 7.29. The number of nitrogens with one attached hydrogen (secondary N) is 1. The second-order valence-corrected chi connectivity index (χ2v) is 3.05. The van der Waals surface area contributed by atoms with E-state index in [-0.39, 0.29) is 17.9 Å². The highest BCUT2D eigenvalue weighted by atomic mass is 35.5. The van der Waals surface area contributed by atoms with Crippen LogP contribution in [0.1, 0.15) is 27.7 Å². The van der Waals surface area contributed by atoms with Crippen molar-refractivity contribution in [2.24, 2.45) is 0 Å². The lowest BCUT2D eigenvalue weighted by Gasteiger charge is -2.23. The third-order valence-electron chi connectivity index (χ3n) is 1.20. The Balaban J connectivity index is 0. The van der Waals surface area contributed by atoms with Gasteiger partial charge in [0, 0.05) is 0 Å². The molecule has 0 saturated carbocycles. The largest absolute Gasteiger partial charge is 1.00 e. The molecule has 0 aromatic heterocycles. The molecule has 58 valence electrons. The smallest absolute Gasteiger partial charge is 0.119 e. The van der Waals surface area contributed by atoms with Crippen molar-refractivity contribution < 1.29 is 22.7 Å². The van der Waals surface area contributed by atoms with Gasteiger partial charge in [0.1, 0.15) is 12.1 Å². The normalized spacial score (nSPS) is 14.3. The second-order valence-electron chi connectivity index (χ2n) is 3.05. The first-order valence-electron chi connectivity index (χ1n) is 3.03. The van der Waals surface area contributed by atoms with E-state index in [1.807, 2.05) is 27.7 Å². The van der Waals surface area contributed by atoms with Crippen molar-refractivity contribution in [2.45, 2.75) is 33.2 Å². The molecule has 2 nitrogen and oxygen atoms in total. The zero-order valence-electron chi connectivity index (χ0n) is 6.53. The summed E-state index contributed by atoms with van der Waals surface area (Å²) in [4.78, 5) is 0. The first-order valence-corrected chi connectivity index (χ1v) is 3.03. The van der Waals surface area contributed by atoms with Crippen LogP contribution >= 0.6 is 0 Å². The Bertz CT molecular complexity index is 69.9. The number of hydrogen-bond acceptors (Lipinski definition) is 1. The molecule has 0 rings (SSSR count). The fourth-order valence-electron chi connectivity index (χ4n) is 0.530. The summed E-state index contributed by atoms with van der Waals surface area (Å²) in [7, 11) is 0. The maximum atomic E-state index is 9.11. The molecular weight excluding hydrogens is 138 g/mol. The van der Waals surface area contributed by atoms with E-state index in [1.54, 1.807) is 0 Å². The van der Waals surface area contributed by atoms with E-state index in [9.17, 15) is 0 Å². The topological polar surface area (TPSA) is 24.7 Å². The van der Waals surface area contributed by atoms with Gasteiger partial charge in [-0.25, -0.2) is 5.21 Å². The Morgan fingerprint density at radius 2 is 1.67 bits per heavy atom. The van der Waals surface area contributed by atoms with Crippen LogP contribution < -0.4 is 17.5 Å². The van der Waals surface area contributed by atoms with Crippen LogP contribution in [0, 0.1) is 0 Å². The monoisotopic (exact) mass is 153 g/mol.